The van der Waals surface area contributed by atoms with E-state index in [1.54, 1.807) is 6.92 Å². The Labute approximate surface area is 129 Å². The van der Waals surface area contributed by atoms with Crippen molar-refractivity contribution in [3.05, 3.63) is 0 Å². The first-order chi connectivity index (χ1) is 9.98. The molecule has 1 fully saturated rings. The summed E-state index contributed by atoms with van der Waals surface area (Å²) in [5.74, 6) is 0.00898. The fourth-order valence-corrected chi connectivity index (χ4v) is 2.98. The fourth-order valence-electron chi connectivity index (χ4n) is 2.98. The molecule has 0 aromatic heterocycles. The Kier molecular flexibility index (Phi) is 8.22. The molecule has 0 spiro atoms. The monoisotopic (exact) mass is 300 g/mol. The standard InChI is InChI=1S/C16H32N2O3/c1-4-17-16(2,15(19)20)9-5-6-10-18(3)13-14-7-11-21-12-8-14/h14,17H,4-13H2,1-3H3,(H,19,20). The number of carbonyl (C=O) groups is 1. The van der Waals surface area contributed by atoms with Crippen molar-refractivity contribution in [3.8, 4) is 0 Å². The Morgan fingerprint density at radius 1 is 1.38 bits per heavy atom. The molecule has 1 unspecified atom stereocenters. The smallest absolute Gasteiger partial charge is 0.323 e. The fraction of sp³-hybridized carbons (Fsp3) is 0.938. The maximum Gasteiger partial charge on any atom is 0.323 e. The first-order valence-corrected chi connectivity index (χ1v) is 8.22. The number of hydrogen-bond donors (Lipinski definition) is 2. The number of nitrogens with zero attached hydrogens (tertiary/aromatic N) is 1. The van der Waals surface area contributed by atoms with E-state index in [2.05, 4.69) is 17.3 Å². The lowest BCUT2D eigenvalue weighted by Gasteiger charge is -2.28. The highest BCUT2D eigenvalue weighted by Crippen LogP contribution is 2.17. The molecule has 1 rings (SSSR count). The van der Waals surface area contributed by atoms with Gasteiger partial charge in [0.25, 0.3) is 0 Å². The molecule has 0 saturated carbocycles. The van der Waals surface area contributed by atoms with Crippen LogP contribution in [0.5, 0.6) is 0 Å². The van der Waals surface area contributed by atoms with Gasteiger partial charge in [-0.05, 0) is 65.1 Å². The number of aliphatic carboxylic acids is 1. The number of carboxylic acids is 1. The second kappa shape index (κ2) is 9.38. The van der Waals surface area contributed by atoms with Gasteiger partial charge in [-0.25, -0.2) is 0 Å². The quantitative estimate of drug-likeness (QED) is 0.604. The topological polar surface area (TPSA) is 61.8 Å². The number of unbranched alkanes of at least 4 members (excludes halogenated alkanes) is 1. The summed E-state index contributed by atoms with van der Waals surface area (Å²) in [6.07, 6.45) is 5.01. The summed E-state index contributed by atoms with van der Waals surface area (Å²) in [4.78, 5) is 13.7. The third-order valence-corrected chi connectivity index (χ3v) is 4.42. The Morgan fingerprint density at radius 2 is 2.05 bits per heavy atom. The highest BCUT2D eigenvalue weighted by atomic mass is 16.5. The molecule has 1 aliphatic heterocycles. The summed E-state index contributed by atoms with van der Waals surface area (Å²) in [7, 11) is 2.16. The molecule has 124 valence electrons. The van der Waals surface area contributed by atoms with E-state index in [9.17, 15) is 9.90 Å². The van der Waals surface area contributed by atoms with Crippen LogP contribution < -0.4 is 5.32 Å². The van der Waals surface area contributed by atoms with Crippen LogP contribution in [0.25, 0.3) is 0 Å². The van der Waals surface area contributed by atoms with Crippen molar-refractivity contribution >= 4 is 5.97 Å². The number of hydrogen-bond acceptors (Lipinski definition) is 4. The Morgan fingerprint density at radius 3 is 2.62 bits per heavy atom. The highest BCUT2D eigenvalue weighted by Gasteiger charge is 2.31. The van der Waals surface area contributed by atoms with E-state index < -0.39 is 11.5 Å². The molecule has 0 aromatic carbocycles. The largest absolute Gasteiger partial charge is 0.480 e. The zero-order valence-corrected chi connectivity index (χ0v) is 13.9. The molecule has 0 amide bonds. The van der Waals surface area contributed by atoms with Crippen LogP contribution in [0.3, 0.4) is 0 Å². The Bertz CT molecular complexity index is 306. The van der Waals surface area contributed by atoms with Gasteiger partial charge in [0.1, 0.15) is 5.54 Å². The minimum Gasteiger partial charge on any atom is -0.480 e. The van der Waals surface area contributed by atoms with Gasteiger partial charge in [-0.15, -0.1) is 0 Å². The van der Waals surface area contributed by atoms with E-state index in [-0.39, 0.29) is 0 Å². The Hall–Kier alpha value is -0.650. The summed E-state index contributed by atoms with van der Waals surface area (Å²) >= 11 is 0. The second-order valence-electron chi connectivity index (χ2n) is 6.44. The highest BCUT2D eigenvalue weighted by molar-refractivity contribution is 5.78. The van der Waals surface area contributed by atoms with Crippen molar-refractivity contribution in [1.29, 1.82) is 0 Å². The summed E-state index contributed by atoms with van der Waals surface area (Å²) in [5.41, 5.74) is -0.784. The zero-order chi connectivity index (χ0) is 15.7. The average molecular weight is 300 g/mol. The average Bonchev–Trinajstić information content (AvgIpc) is 2.45. The minimum atomic E-state index is -0.784. The molecule has 0 aromatic rings. The van der Waals surface area contributed by atoms with Crippen LogP contribution in [0.2, 0.25) is 0 Å². The SMILES string of the molecule is CCNC(C)(CCCCN(C)CC1CCOCC1)C(=O)O. The van der Waals surface area contributed by atoms with Crippen molar-refractivity contribution in [2.24, 2.45) is 5.92 Å². The van der Waals surface area contributed by atoms with Crippen molar-refractivity contribution in [3.63, 3.8) is 0 Å². The maximum atomic E-state index is 11.3. The minimum absolute atomic E-state index is 0.682. The molecule has 0 bridgehead atoms. The van der Waals surface area contributed by atoms with Crippen LogP contribution in [-0.4, -0.2) is 61.4 Å². The first-order valence-electron chi connectivity index (χ1n) is 8.22. The van der Waals surface area contributed by atoms with Gasteiger partial charge in [0.05, 0.1) is 0 Å². The van der Waals surface area contributed by atoms with Gasteiger partial charge in [-0.3, -0.25) is 4.79 Å². The number of likely N-dealkylation sites (N-methyl/N-ethyl adjacent to an activating group) is 1. The van der Waals surface area contributed by atoms with Gasteiger partial charge >= 0.3 is 5.97 Å². The molecule has 5 heteroatoms. The second-order valence-corrected chi connectivity index (χ2v) is 6.44. The van der Waals surface area contributed by atoms with Crippen LogP contribution in [0.4, 0.5) is 0 Å². The normalized spacial score (nSPS) is 19.6. The van der Waals surface area contributed by atoms with Crippen LogP contribution in [-0.2, 0) is 9.53 Å². The van der Waals surface area contributed by atoms with E-state index in [0.717, 1.165) is 45.1 Å². The lowest BCUT2D eigenvalue weighted by Crippen LogP contribution is -2.49. The van der Waals surface area contributed by atoms with Gasteiger partial charge in [-0.1, -0.05) is 6.92 Å². The number of nitrogens with one attached hydrogen (secondary N) is 1. The van der Waals surface area contributed by atoms with E-state index in [0.29, 0.717) is 13.0 Å². The van der Waals surface area contributed by atoms with Crippen LogP contribution in [0.1, 0.15) is 46.0 Å². The molecule has 1 heterocycles. The molecule has 1 aliphatic rings. The van der Waals surface area contributed by atoms with Gasteiger partial charge in [0.2, 0.25) is 0 Å². The molecule has 0 radical (unpaired) electrons. The van der Waals surface area contributed by atoms with Crippen LogP contribution in [0, 0.1) is 5.92 Å². The predicted molar refractivity (Wildman–Crippen MR) is 84.6 cm³/mol. The molecular weight excluding hydrogens is 268 g/mol. The van der Waals surface area contributed by atoms with Gasteiger partial charge in [0.15, 0.2) is 0 Å². The summed E-state index contributed by atoms with van der Waals surface area (Å²) in [6.45, 7) is 8.39. The van der Waals surface area contributed by atoms with Crippen LogP contribution >= 0.6 is 0 Å². The van der Waals surface area contributed by atoms with E-state index >= 15 is 0 Å². The molecule has 0 aliphatic carbocycles. The Balaban J connectivity index is 2.18. The van der Waals surface area contributed by atoms with Gasteiger partial charge < -0.3 is 20.1 Å². The molecule has 5 nitrogen and oxygen atoms in total. The lowest BCUT2D eigenvalue weighted by molar-refractivity contribution is -0.144. The summed E-state index contributed by atoms with van der Waals surface area (Å²) in [6, 6.07) is 0. The van der Waals surface area contributed by atoms with Crippen molar-refractivity contribution in [2.45, 2.75) is 51.5 Å². The van der Waals surface area contributed by atoms with E-state index in [1.807, 2.05) is 6.92 Å². The van der Waals surface area contributed by atoms with Gasteiger partial charge in [0, 0.05) is 19.8 Å². The van der Waals surface area contributed by atoms with E-state index in [4.69, 9.17) is 4.74 Å². The summed E-state index contributed by atoms with van der Waals surface area (Å²) in [5, 5.41) is 12.4. The number of rotatable bonds is 10. The third-order valence-electron chi connectivity index (χ3n) is 4.42. The van der Waals surface area contributed by atoms with Crippen molar-refractivity contribution in [2.75, 3.05) is 39.9 Å². The lowest BCUT2D eigenvalue weighted by atomic mass is 9.94. The van der Waals surface area contributed by atoms with Crippen molar-refractivity contribution in [1.82, 2.24) is 10.2 Å². The van der Waals surface area contributed by atoms with E-state index in [1.165, 1.54) is 12.8 Å². The van der Waals surface area contributed by atoms with Crippen LogP contribution in [0.15, 0.2) is 0 Å². The number of carboxylic acid groups (broad SMARTS) is 1. The molecular formula is C16H32N2O3. The molecule has 2 N–H and O–H groups in total. The zero-order valence-electron chi connectivity index (χ0n) is 13.9. The third kappa shape index (κ3) is 6.76. The van der Waals surface area contributed by atoms with Crippen molar-refractivity contribution < 1.29 is 14.6 Å². The molecule has 1 saturated heterocycles. The predicted octanol–water partition coefficient (Wildman–Crippen LogP) is 1.97. The molecule has 1 atom stereocenters. The molecule has 21 heavy (non-hydrogen) atoms. The first kappa shape index (κ1) is 18.4. The number of ether oxygens (including phenoxy) is 1. The maximum absolute atomic E-state index is 11.3. The summed E-state index contributed by atoms with van der Waals surface area (Å²) < 4.78 is 5.38. The van der Waals surface area contributed by atoms with Gasteiger partial charge in [-0.2, -0.15) is 0 Å².